The topological polar surface area (TPSA) is 43.6 Å². The van der Waals surface area contributed by atoms with Gasteiger partial charge in [-0.05, 0) is 96.4 Å². The van der Waals surface area contributed by atoms with Crippen LogP contribution < -0.4 is 0 Å². The monoisotopic (exact) mass is 548 g/mol. The molecule has 0 aliphatic rings. The first-order valence-corrected chi connectivity index (χ1v) is 14.5. The maximum Gasteiger partial charge on any atom is 0.121 e. The van der Waals surface area contributed by atoms with E-state index < -0.39 is 0 Å². The fourth-order valence-corrected chi connectivity index (χ4v) is 6.53. The van der Waals surface area contributed by atoms with E-state index in [0.717, 1.165) is 44.2 Å². The van der Waals surface area contributed by atoms with E-state index in [4.69, 9.17) is 10.2 Å². The Kier molecular flexibility index (Phi) is 5.16. The lowest BCUT2D eigenvalue weighted by Gasteiger charge is -2.13. The van der Waals surface area contributed by atoms with Crippen LogP contribution in [0.3, 0.4) is 0 Å². The van der Waals surface area contributed by atoms with Crippen molar-refractivity contribution in [3.05, 3.63) is 146 Å². The van der Waals surface area contributed by atoms with Gasteiger partial charge in [-0.3, -0.25) is 4.98 Å². The van der Waals surface area contributed by atoms with Crippen molar-refractivity contribution in [2.24, 2.45) is 0 Å². The lowest BCUT2D eigenvalue weighted by molar-refractivity contribution is 0.766. The van der Waals surface area contributed by atoms with Crippen LogP contribution in [0.15, 0.2) is 146 Å². The maximum atomic E-state index is 5.00. The first kappa shape index (κ1) is 23.8. The van der Waals surface area contributed by atoms with E-state index in [-0.39, 0.29) is 0 Å². The fraction of sp³-hybridized carbons (Fsp3) is 0. The van der Waals surface area contributed by atoms with Crippen LogP contribution in [0, 0.1) is 0 Å². The third-order valence-electron chi connectivity index (χ3n) is 8.54. The van der Waals surface area contributed by atoms with E-state index in [1.54, 1.807) is 4.80 Å². The molecule has 0 unspecified atom stereocenters. The molecule has 0 fully saturated rings. The number of fused-ring (bicyclic) bond motifs is 9. The van der Waals surface area contributed by atoms with Crippen molar-refractivity contribution in [1.29, 1.82) is 0 Å². The minimum absolute atomic E-state index is 0.867. The van der Waals surface area contributed by atoms with Crippen molar-refractivity contribution < 1.29 is 0 Å². The molecule has 0 saturated heterocycles. The molecule has 0 bridgehead atoms. The Hall–Kier alpha value is -5.87. The van der Waals surface area contributed by atoms with Crippen LogP contribution in [0.1, 0.15) is 0 Å². The largest absolute Gasteiger partial charge is 0.265 e. The van der Waals surface area contributed by atoms with Crippen molar-refractivity contribution in [1.82, 2.24) is 20.0 Å². The van der Waals surface area contributed by atoms with Crippen LogP contribution in [-0.4, -0.2) is 20.0 Å². The fourth-order valence-electron chi connectivity index (χ4n) is 6.53. The van der Waals surface area contributed by atoms with Crippen molar-refractivity contribution in [3.8, 4) is 27.9 Å². The molecule has 0 atom stereocenters. The summed E-state index contributed by atoms with van der Waals surface area (Å²) < 4.78 is 0. The Morgan fingerprint density at radius 1 is 0.395 bits per heavy atom. The van der Waals surface area contributed by atoms with Gasteiger partial charge in [0.2, 0.25) is 0 Å². The standard InChI is InChI=1S/C39H24N4/c1-2-12-31-29(10-1)30-11-3-4-13-32(30)37-23-27(16-17-34(31)37)36-24-38-39(35-15-6-5-14-33(35)36)42-43(41-38)28-9-7-8-26(22-28)25-18-20-40-21-19-25/h1-24H. The van der Waals surface area contributed by atoms with Gasteiger partial charge in [0.05, 0.1) is 5.69 Å². The average Bonchev–Trinajstić information content (AvgIpc) is 3.53. The molecule has 7 aromatic carbocycles. The quantitative estimate of drug-likeness (QED) is 0.206. The Labute approximate surface area is 247 Å². The summed E-state index contributed by atoms with van der Waals surface area (Å²) in [6.45, 7) is 0. The molecule has 0 N–H and O–H groups in total. The van der Waals surface area contributed by atoms with Gasteiger partial charge >= 0.3 is 0 Å². The SMILES string of the molecule is c1cc(-c2ccncc2)cc(-n2nc3cc(-c4ccc5c6ccccc6c6ccccc6c5c4)c4ccccc4c3n2)c1. The summed E-state index contributed by atoms with van der Waals surface area (Å²) in [5, 5.41) is 19.9. The molecule has 0 saturated carbocycles. The molecule has 4 nitrogen and oxygen atoms in total. The van der Waals surface area contributed by atoms with Crippen molar-refractivity contribution in [2.75, 3.05) is 0 Å². The molecule has 4 heteroatoms. The lowest BCUT2D eigenvalue weighted by atomic mass is 9.90. The molecule has 2 aromatic heterocycles. The first-order valence-electron chi connectivity index (χ1n) is 14.5. The van der Waals surface area contributed by atoms with Crippen molar-refractivity contribution in [3.63, 3.8) is 0 Å². The summed E-state index contributed by atoms with van der Waals surface area (Å²) in [4.78, 5) is 5.91. The lowest BCUT2D eigenvalue weighted by Crippen LogP contribution is -1.98. The van der Waals surface area contributed by atoms with Gasteiger partial charge in [0.25, 0.3) is 0 Å². The number of aromatic nitrogens is 4. The third-order valence-corrected chi connectivity index (χ3v) is 8.54. The van der Waals surface area contributed by atoms with Crippen LogP contribution >= 0.6 is 0 Å². The Morgan fingerprint density at radius 2 is 1.02 bits per heavy atom. The zero-order valence-corrected chi connectivity index (χ0v) is 23.1. The van der Waals surface area contributed by atoms with Gasteiger partial charge in [-0.1, -0.05) is 97.1 Å². The molecule has 0 amide bonds. The number of pyridine rings is 1. The Bertz CT molecular complexity index is 2480. The number of hydrogen-bond acceptors (Lipinski definition) is 3. The van der Waals surface area contributed by atoms with E-state index in [1.165, 1.54) is 37.9 Å². The summed E-state index contributed by atoms with van der Waals surface area (Å²) in [5.74, 6) is 0. The predicted molar refractivity (Wildman–Crippen MR) is 178 cm³/mol. The predicted octanol–water partition coefficient (Wildman–Crippen LogP) is 9.76. The molecular weight excluding hydrogens is 524 g/mol. The maximum absolute atomic E-state index is 5.00. The van der Waals surface area contributed by atoms with Crippen molar-refractivity contribution >= 4 is 54.1 Å². The van der Waals surface area contributed by atoms with Gasteiger partial charge in [0.15, 0.2) is 0 Å². The van der Waals surface area contributed by atoms with Crippen LogP contribution in [0.25, 0.3) is 82.1 Å². The Balaban J connectivity index is 1.26. The molecule has 0 spiro atoms. The van der Waals surface area contributed by atoms with Crippen LogP contribution in [0.5, 0.6) is 0 Å². The highest BCUT2D eigenvalue weighted by Gasteiger charge is 2.16. The second-order valence-corrected chi connectivity index (χ2v) is 11.0. The summed E-state index contributed by atoms with van der Waals surface area (Å²) >= 11 is 0. The zero-order valence-electron chi connectivity index (χ0n) is 23.1. The van der Waals surface area contributed by atoms with Gasteiger partial charge in [0.1, 0.15) is 11.0 Å². The molecule has 9 aromatic rings. The van der Waals surface area contributed by atoms with Crippen LogP contribution in [0.4, 0.5) is 0 Å². The second kappa shape index (κ2) is 9.33. The van der Waals surface area contributed by atoms with Crippen LogP contribution in [-0.2, 0) is 0 Å². The highest BCUT2D eigenvalue weighted by molar-refractivity contribution is 6.26. The number of hydrogen-bond donors (Lipinski definition) is 0. The van der Waals surface area contributed by atoms with Gasteiger partial charge < -0.3 is 0 Å². The van der Waals surface area contributed by atoms with E-state index in [0.29, 0.717) is 0 Å². The number of rotatable bonds is 3. The summed E-state index contributed by atoms with van der Waals surface area (Å²) in [6.07, 6.45) is 3.63. The van der Waals surface area contributed by atoms with E-state index in [9.17, 15) is 0 Å². The van der Waals surface area contributed by atoms with E-state index in [2.05, 4.69) is 114 Å². The third kappa shape index (κ3) is 3.74. The average molecular weight is 549 g/mol. The van der Waals surface area contributed by atoms with Gasteiger partial charge in [-0.2, -0.15) is 4.80 Å². The molecule has 2 heterocycles. The highest BCUT2D eigenvalue weighted by atomic mass is 15.5. The number of benzene rings is 7. The van der Waals surface area contributed by atoms with Crippen molar-refractivity contribution in [2.45, 2.75) is 0 Å². The first-order chi connectivity index (χ1) is 21.3. The molecule has 200 valence electrons. The molecule has 9 rings (SSSR count). The molecule has 43 heavy (non-hydrogen) atoms. The summed E-state index contributed by atoms with van der Waals surface area (Å²) in [5.41, 5.74) is 7.21. The Morgan fingerprint density at radius 3 is 1.74 bits per heavy atom. The number of nitrogens with zero attached hydrogens (tertiary/aromatic N) is 4. The van der Waals surface area contributed by atoms with Gasteiger partial charge in [-0.15, -0.1) is 10.2 Å². The minimum atomic E-state index is 0.867. The molecule has 0 aliphatic carbocycles. The van der Waals surface area contributed by atoms with Gasteiger partial charge in [0, 0.05) is 17.8 Å². The smallest absolute Gasteiger partial charge is 0.121 e. The van der Waals surface area contributed by atoms with Crippen LogP contribution in [0.2, 0.25) is 0 Å². The summed E-state index contributed by atoms with van der Waals surface area (Å²) in [6, 6.07) is 47.4. The van der Waals surface area contributed by atoms with E-state index >= 15 is 0 Å². The second-order valence-electron chi connectivity index (χ2n) is 11.0. The minimum Gasteiger partial charge on any atom is -0.265 e. The highest BCUT2D eigenvalue weighted by Crippen LogP contribution is 2.39. The van der Waals surface area contributed by atoms with Gasteiger partial charge in [-0.25, -0.2) is 0 Å². The molecular formula is C39H24N4. The molecule has 0 radical (unpaired) electrons. The zero-order chi connectivity index (χ0) is 28.3. The summed E-state index contributed by atoms with van der Waals surface area (Å²) in [7, 11) is 0. The van der Waals surface area contributed by atoms with E-state index in [1.807, 2.05) is 36.7 Å². The normalized spacial score (nSPS) is 11.7. The molecule has 0 aliphatic heterocycles.